The Balaban J connectivity index is 1.52. The normalized spacial score (nSPS) is 11.0. The molecular weight excluding hydrogens is 400 g/mol. The van der Waals surface area contributed by atoms with Gasteiger partial charge in [-0.15, -0.1) is 11.3 Å². The summed E-state index contributed by atoms with van der Waals surface area (Å²) in [7, 11) is 0. The van der Waals surface area contributed by atoms with Crippen LogP contribution in [0.4, 0.5) is 5.69 Å². The fourth-order valence-corrected chi connectivity index (χ4v) is 3.61. The lowest BCUT2D eigenvalue weighted by Crippen LogP contribution is -2.26. The van der Waals surface area contributed by atoms with Gasteiger partial charge in [-0.05, 0) is 41.1 Å². The lowest BCUT2D eigenvalue weighted by molar-refractivity contribution is -0.116. The van der Waals surface area contributed by atoms with Gasteiger partial charge in [0.1, 0.15) is 6.54 Å². The second kappa shape index (κ2) is 8.46. The Bertz CT molecular complexity index is 1230. The van der Waals surface area contributed by atoms with Gasteiger partial charge < -0.3 is 14.4 Å². The number of nitrogens with zero attached hydrogens (tertiary/aromatic N) is 3. The Morgan fingerprint density at radius 3 is 2.83 bits per heavy atom. The molecule has 152 valence electrons. The maximum atomic E-state index is 12.5. The van der Waals surface area contributed by atoms with Crippen LogP contribution in [0.2, 0.25) is 0 Å². The second-order valence-electron chi connectivity index (χ2n) is 7.11. The molecule has 3 heterocycles. The van der Waals surface area contributed by atoms with Crippen LogP contribution in [0.1, 0.15) is 25.3 Å². The summed E-state index contributed by atoms with van der Waals surface area (Å²) in [5.41, 5.74) is 2.11. The topological polar surface area (TPSA) is 90.0 Å². The number of benzene rings is 1. The summed E-state index contributed by atoms with van der Waals surface area (Å²) >= 11 is 1.51. The van der Waals surface area contributed by atoms with E-state index in [9.17, 15) is 9.59 Å². The molecule has 4 aromatic rings. The Hall–Kier alpha value is -3.52. The molecule has 8 heteroatoms. The van der Waals surface area contributed by atoms with Gasteiger partial charge in [0.15, 0.2) is 0 Å². The summed E-state index contributed by atoms with van der Waals surface area (Å²) in [5, 5.41) is 8.76. The second-order valence-corrected chi connectivity index (χ2v) is 8.06. The van der Waals surface area contributed by atoms with E-state index in [2.05, 4.69) is 29.3 Å². The number of amides is 1. The van der Waals surface area contributed by atoms with Crippen molar-refractivity contribution in [2.75, 3.05) is 5.32 Å². The fraction of sp³-hybridized carbons (Fsp3) is 0.182. The van der Waals surface area contributed by atoms with Gasteiger partial charge in [0, 0.05) is 18.0 Å². The van der Waals surface area contributed by atoms with Crippen molar-refractivity contribution in [1.82, 2.24) is 14.7 Å². The molecule has 0 saturated heterocycles. The minimum absolute atomic E-state index is 0.121. The highest BCUT2D eigenvalue weighted by Gasteiger charge is 2.13. The average molecular weight is 420 g/mol. The zero-order chi connectivity index (χ0) is 21.1. The van der Waals surface area contributed by atoms with Gasteiger partial charge in [-0.1, -0.05) is 37.2 Å². The molecule has 0 spiro atoms. The Labute approximate surface area is 177 Å². The van der Waals surface area contributed by atoms with Gasteiger partial charge in [0.25, 0.3) is 11.4 Å². The molecule has 0 aliphatic carbocycles. The highest BCUT2D eigenvalue weighted by Crippen LogP contribution is 2.25. The molecule has 1 aromatic carbocycles. The van der Waals surface area contributed by atoms with Crippen LogP contribution in [0.15, 0.2) is 69.4 Å². The molecule has 0 saturated carbocycles. The van der Waals surface area contributed by atoms with E-state index in [-0.39, 0.29) is 23.9 Å². The van der Waals surface area contributed by atoms with Gasteiger partial charge >= 0.3 is 0 Å². The van der Waals surface area contributed by atoms with Crippen molar-refractivity contribution in [2.45, 2.75) is 26.3 Å². The summed E-state index contributed by atoms with van der Waals surface area (Å²) in [6.45, 7) is 4.06. The molecule has 4 rings (SSSR count). The van der Waals surface area contributed by atoms with Crippen molar-refractivity contribution in [1.29, 1.82) is 0 Å². The number of carbonyl (C=O) groups is 1. The third-order valence-electron chi connectivity index (χ3n) is 4.55. The van der Waals surface area contributed by atoms with E-state index >= 15 is 0 Å². The highest BCUT2D eigenvalue weighted by atomic mass is 32.1. The Kier molecular flexibility index (Phi) is 5.58. The number of carbonyl (C=O) groups excluding carboxylic acids is 1. The maximum absolute atomic E-state index is 12.5. The van der Waals surface area contributed by atoms with Gasteiger partial charge in [0.2, 0.25) is 11.7 Å². The van der Waals surface area contributed by atoms with Crippen LogP contribution in [-0.2, 0) is 11.3 Å². The SMILES string of the molecule is CC(C)c1cccc(NC(=O)Cn2cc(-c3nc(-c4cccs4)no3)ccc2=O)c1. The fourth-order valence-electron chi connectivity index (χ4n) is 2.96. The van der Waals surface area contributed by atoms with Crippen LogP contribution in [-0.4, -0.2) is 20.6 Å². The molecule has 3 aromatic heterocycles. The lowest BCUT2D eigenvalue weighted by atomic mass is 10.0. The first-order valence-electron chi connectivity index (χ1n) is 9.48. The summed E-state index contributed by atoms with van der Waals surface area (Å²) in [6.07, 6.45) is 1.55. The van der Waals surface area contributed by atoms with Crippen LogP contribution in [0.5, 0.6) is 0 Å². The standard InChI is InChI=1S/C22H20N4O3S/c1-14(2)15-5-3-6-17(11-15)23-19(27)13-26-12-16(8-9-20(26)28)22-24-21(25-29-22)18-7-4-10-30-18/h3-12,14H,13H2,1-2H3,(H,23,27). The van der Waals surface area contributed by atoms with Crippen molar-refractivity contribution in [3.63, 3.8) is 0 Å². The van der Waals surface area contributed by atoms with Crippen LogP contribution in [0, 0.1) is 0 Å². The third-order valence-corrected chi connectivity index (χ3v) is 5.41. The molecule has 0 fully saturated rings. The lowest BCUT2D eigenvalue weighted by Gasteiger charge is -2.11. The first-order chi connectivity index (χ1) is 14.5. The van der Waals surface area contributed by atoms with Crippen LogP contribution >= 0.6 is 11.3 Å². The van der Waals surface area contributed by atoms with E-state index in [0.29, 0.717) is 23.0 Å². The number of thiophene rings is 1. The van der Waals surface area contributed by atoms with E-state index in [1.807, 2.05) is 41.8 Å². The molecule has 0 unspecified atom stereocenters. The number of rotatable bonds is 6. The summed E-state index contributed by atoms with van der Waals surface area (Å²) in [5.74, 6) is 0.840. The van der Waals surface area contributed by atoms with Gasteiger partial charge in [-0.2, -0.15) is 4.98 Å². The van der Waals surface area contributed by atoms with Crippen LogP contribution < -0.4 is 10.9 Å². The van der Waals surface area contributed by atoms with Crippen molar-refractivity contribution in [3.05, 3.63) is 76.0 Å². The first-order valence-corrected chi connectivity index (χ1v) is 10.4. The largest absolute Gasteiger partial charge is 0.334 e. The molecule has 1 amide bonds. The van der Waals surface area contributed by atoms with E-state index in [0.717, 1.165) is 10.4 Å². The molecule has 0 aliphatic rings. The number of hydrogen-bond donors (Lipinski definition) is 1. The molecule has 0 aliphatic heterocycles. The molecule has 7 nitrogen and oxygen atoms in total. The zero-order valence-electron chi connectivity index (χ0n) is 16.5. The molecule has 0 bridgehead atoms. The Morgan fingerprint density at radius 2 is 2.07 bits per heavy atom. The number of nitrogens with one attached hydrogen (secondary N) is 1. The van der Waals surface area contributed by atoms with Crippen LogP contribution in [0.25, 0.3) is 22.2 Å². The Morgan fingerprint density at radius 1 is 1.20 bits per heavy atom. The van der Waals surface area contributed by atoms with Crippen molar-refractivity contribution >= 4 is 22.9 Å². The predicted octanol–water partition coefficient (Wildman–Crippen LogP) is 4.39. The van der Waals surface area contributed by atoms with Crippen molar-refractivity contribution in [2.24, 2.45) is 0 Å². The molecule has 30 heavy (non-hydrogen) atoms. The minimum Gasteiger partial charge on any atom is -0.334 e. The molecule has 0 atom stereocenters. The summed E-state index contributed by atoms with van der Waals surface area (Å²) < 4.78 is 6.66. The molecule has 1 N–H and O–H groups in total. The van der Waals surface area contributed by atoms with Crippen molar-refractivity contribution in [3.8, 4) is 22.2 Å². The van der Waals surface area contributed by atoms with Gasteiger partial charge in [-0.25, -0.2) is 0 Å². The predicted molar refractivity (Wildman–Crippen MR) is 116 cm³/mol. The minimum atomic E-state index is -0.292. The van der Waals surface area contributed by atoms with Crippen LogP contribution in [0.3, 0.4) is 0 Å². The number of pyridine rings is 1. The van der Waals surface area contributed by atoms with Gasteiger partial charge in [0.05, 0.1) is 10.4 Å². The van der Waals surface area contributed by atoms with E-state index < -0.39 is 0 Å². The third kappa shape index (κ3) is 4.38. The van der Waals surface area contributed by atoms with E-state index in [4.69, 9.17) is 4.52 Å². The number of aromatic nitrogens is 3. The maximum Gasteiger partial charge on any atom is 0.259 e. The van der Waals surface area contributed by atoms with E-state index in [1.165, 1.54) is 22.0 Å². The first kappa shape index (κ1) is 19.8. The highest BCUT2D eigenvalue weighted by molar-refractivity contribution is 7.13. The quantitative estimate of drug-likeness (QED) is 0.500. The monoisotopic (exact) mass is 420 g/mol. The number of anilines is 1. The molecular formula is C22H20N4O3S. The molecule has 0 radical (unpaired) electrons. The number of hydrogen-bond acceptors (Lipinski definition) is 6. The van der Waals surface area contributed by atoms with E-state index in [1.54, 1.807) is 12.3 Å². The zero-order valence-corrected chi connectivity index (χ0v) is 17.3. The van der Waals surface area contributed by atoms with Gasteiger partial charge in [-0.3, -0.25) is 9.59 Å². The summed E-state index contributed by atoms with van der Waals surface area (Å²) in [6, 6.07) is 14.5. The average Bonchev–Trinajstić information content (AvgIpc) is 3.41. The summed E-state index contributed by atoms with van der Waals surface area (Å²) in [4.78, 5) is 30.0. The van der Waals surface area contributed by atoms with Crippen molar-refractivity contribution < 1.29 is 9.32 Å². The smallest absolute Gasteiger partial charge is 0.259 e.